The van der Waals surface area contributed by atoms with E-state index in [9.17, 15) is 4.79 Å². The summed E-state index contributed by atoms with van der Waals surface area (Å²) in [5.74, 6) is 0.637. The Morgan fingerprint density at radius 2 is 1.74 bits per heavy atom. The molecule has 1 amide bonds. The Morgan fingerprint density at radius 1 is 1.00 bits per heavy atom. The van der Waals surface area contributed by atoms with E-state index in [1.165, 1.54) is 38.8 Å². The van der Waals surface area contributed by atoms with Gasteiger partial charge in [0.05, 0.1) is 0 Å². The van der Waals surface area contributed by atoms with Crippen LogP contribution in [0.5, 0.6) is 0 Å². The van der Waals surface area contributed by atoms with Crippen LogP contribution in [-0.2, 0) is 9.53 Å². The van der Waals surface area contributed by atoms with Crippen molar-refractivity contribution in [3.8, 4) is 0 Å². The van der Waals surface area contributed by atoms with Gasteiger partial charge in [0.25, 0.3) is 0 Å². The van der Waals surface area contributed by atoms with E-state index < -0.39 is 0 Å². The molecule has 3 saturated heterocycles. The van der Waals surface area contributed by atoms with Gasteiger partial charge in [0.15, 0.2) is 0 Å². The predicted molar refractivity (Wildman–Crippen MR) is 74.0 cm³/mol. The normalized spacial score (nSPS) is 30.1. The van der Waals surface area contributed by atoms with Gasteiger partial charge >= 0.3 is 0 Å². The van der Waals surface area contributed by atoms with Crippen LogP contribution >= 0.6 is 0 Å². The maximum Gasteiger partial charge on any atom is 0.226 e. The van der Waals surface area contributed by atoms with Crippen LogP contribution in [0.2, 0.25) is 0 Å². The van der Waals surface area contributed by atoms with Crippen molar-refractivity contribution in [2.45, 2.75) is 44.6 Å². The summed E-state index contributed by atoms with van der Waals surface area (Å²) in [6.45, 7) is 6.08. The van der Waals surface area contributed by atoms with Crippen molar-refractivity contribution < 1.29 is 9.53 Å². The summed E-state index contributed by atoms with van der Waals surface area (Å²) in [7, 11) is 0. The molecule has 108 valence electrons. The summed E-state index contributed by atoms with van der Waals surface area (Å²) in [6, 6.07) is 0.480. The highest BCUT2D eigenvalue weighted by atomic mass is 16.5. The maximum atomic E-state index is 12.6. The molecule has 3 heterocycles. The molecule has 3 rings (SSSR count). The van der Waals surface area contributed by atoms with Gasteiger partial charge in [0.2, 0.25) is 5.91 Å². The summed E-state index contributed by atoms with van der Waals surface area (Å²) in [4.78, 5) is 17.4. The lowest BCUT2D eigenvalue weighted by Crippen LogP contribution is -2.45. The van der Waals surface area contributed by atoms with Gasteiger partial charge in [0.1, 0.15) is 0 Å². The van der Waals surface area contributed by atoms with E-state index >= 15 is 0 Å². The standard InChI is InChI=1S/C15H26N2O2/c18-15(13-5-10-19-11-6-13)17-9-3-4-14(17)12-16-7-1-2-8-16/h13-14H,1-12H2. The van der Waals surface area contributed by atoms with Crippen molar-refractivity contribution in [3.05, 3.63) is 0 Å². The number of amides is 1. The van der Waals surface area contributed by atoms with Crippen molar-refractivity contribution in [1.82, 2.24) is 9.80 Å². The molecule has 0 bridgehead atoms. The first-order valence-electron chi connectivity index (χ1n) is 7.95. The third-order valence-corrected chi connectivity index (χ3v) is 4.90. The van der Waals surface area contributed by atoms with Gasteiger partial charge in [-0.05, 0) is 51.6 Å². The Balaban J connectivity index is 1.56. The van der Waals surface area contributed by atoms with Gasteiger partial charge in [-0.3, -0.25) is 4.79 Å². The molecule has 3 fully saturated rings. The first kappa shape index (κ1) is 13.4. The molecule has 1 unspecified atom stereocenters. The molecule has 4 nitrogen and oxygen atoms in total. The van der Waals surface area contributed by atoms with Gasteiger partial charge in [-0.2, -0.15) is 0 Å². The Kier molecular flexibility index (Phi) is 4.38. The van der Waals surface area contributed by atoms with Gasteiger partial charge in [-0.1, -0.05) is 0 Å². The molecule has 0 radical (unpaired) electrons. The van der Waals surface area contributed by atoms with Crippen LogP contribution in [0, 0.1) is 5.92 Å². The summed E-state index contributed by atoms with van der Waals surface area (Å²) in [6.07, 6.45) is 6.90. The number of hydrogen-bond acceptors (Lipinski definition) is 3. The monoisotopic (exact) mass is 266 g/mol. The Labute approximate surface area is 116 Å². The number of carbonyl (C=O) groups is 1. The average molecular weight is 266 g/mol. The quantitative estimate of drug-likeness (QED) is 0.776. The predicted octanol–water partition coefficient (Wildman–Crippen LogP) is 1.50. The molecule has 3 aliphatic rings. The van der Waals surface area contributed by atoms with Crippen molar-refractivity contribution >= 4 is 5.91 Å². The lowest BCUT2D eigenvalue weighted by Gasteiger charge is -2.32. The molecular weight excluding hydrogens is 240 g/mol. The zero-order chi connectivity index (χ0) is 13.1. The molecule has 0 aromatic heterocycles. The fourth-order valence-electron chi connectivity index (χ4n) is 3.76. The Hall–Kier alpha value is -0.610. The van der Waals surface area contributed by atoms with E-state index in [1.54, 1.807) is 0 Å². The van der Waals surface area contributed by atoms with Crippen molar-refractivity contribution in [3.63, 3.8) is 0 Å². The van der Waals surface area contributed by atoms with E-state index in [4.69, 9.17) is 4.74 Å². The van der Waals surface area contributed by atoms with E-state index in [0.29, 0.717) is 11.9 Å². The summed E-state index contributed by atoms with van der Waals surface area (Å²) < 4.78 is 5.37. The molecule has 4 heteroatoms. The van der Waals surface area contributed by atoms with Gasteiger partial charge < -0.3 is 14.5 Å². The molecule has 0 aromatic carbocycles. The van der Waals surface area contributed by atoms with Crippen LogP contribution in [0.4, 0.5) is 0 Å². The smallest absolute Gasteiger partial charge is 0.226 e. The van der Waals surface area contributed by atoms with Crippen molar-refractivity contribution in [2.24, 2.45) is 5.92 Å². The number of nitrogens with zero attached hydrogens (tertiary/aromatic N) is 2. The lowest BCUT2D eigenvalue weighted by atomic mass is 9.98. The number of likely N-dealkylation sites (tertiary alicyclic amines) is 2. The molecule has 0 aliphatic carbocycles. The molecule has 0 saturated carbocycles. The summed E-state index contributed by atoms with van der Waals surface area (Å²) >= 11 is 0. The number of rotatable bonds is 3. The molecule has 19 heavy (non-hydrogen) atoms. The van der Waals surface area contributed by atoms with Crippen LogP contribution in [0.25, 0.3) is 0 Å². The first-order valence-corrected chi connectivity index (χ1v) is 7.95. The summed E-state index contributed by atoms with van der Waals surface area (Å²) in [5, 5.41) is 0. The highest BCUT2D eigenvalue weighted by Crippen LogP contribution is 2.25. The van der Waals surface area contributed by atoms with Crippen LogP contribution in [0.3, 0.4) is 0 Å². The number of carbonyl (C=O) groups excluding carboxylic acids is 1. The zero-order valence-electron chi connectivity index (χ0n) is 11.9. The largest absolute Gasteiger partial charge is 0.381 e. The van der Waals surface area contributed by atoms with Crippen LogP contribution in [-0.4, -0.2) is 61.1 Å². The Bertz CT molecular complexity index is 309. The molecule has 0 spiro atoms. The average Bonchev–Trinajstić information content (AvgIpc) is 3.11. The fraction of sp³-hybridized carbons (Fsp3) is 0.933. The van der Waals surface area contributed by atoms with Gasteiger partial charge in [-0.25, -0.2) is 0 Å². The molecule has 0 aromatic rings. The third kappa shape index (κ3) is 3.11. The van der Waals surface area contributed by atoms with Crippen LogP contribution < -0.4 is 0 Å². The zero-order valence-corrected chi connectivity index (χ0v) is 11.9. The molecule has 1 atom stereocenters. The Morgan fingerprint density at radius 3 is 2.47 bits per heavy atom. The lowest BCUT2D eigenvalue weighted by molar-refractivity contribution is -0.139. The van der Waals surface area contributed by atoms with Crippen molar-refractivity contribution in [1.29, 1.82) is 0 Å². The van der Waals surface area contributed by atoms with E-state index in [2.05, 4.69) is 9.80 Å². The first-order chi connectivity index (χ1) is 9.34. The highest BCUT2D eigenvalue weighted by molar-refractivity contribution is 5.79. The maximum absolute atomic E-state index is 12.6. The number of ether oxygens (including phenoxy) is 1. The topological polar surface area (TPSA) is 32.8 Å². The minimum Gasteiger partial charge on any atom is -0.381 e. The molecule has 3 aliphatic heterocycles. The minimum atomic E-state index is 0.230. The van der Waals surface area contributed by atoms with Gasteiger partial charge in [-0.15, -0.1) is 0 Å². The fourth-order valence-corrected chi connectivity index (χ4v) is 3.76. The SMILES string of the molecule is O=C(C1CCOCC1)N1CCCC1CN1CCCC1. The minimum absolute atomic E-state index is 0.230. The highest BCUT2D eigenvalue weighted by Gasteiger charge is 2.34. The second-order valence-electron chi connectivity index (χ2n) is 6.22. The molecule has 0 N–H and O–H groups in total. The number of hydrogen-bond donors (Lipinski definition) is 0. The van der Waals surface area contributed by atoms with Crippen LogP contribution in [0.15, 0.2) is 0 Å². The van der Waals surface area contributed by atoms with E-state index in [1.807, 2.05) is 0 Å². The second-order valence-corrected chi connectivity index (χ2v) is 6.22. The van der Waals surface area contributed by atoms with E-state index in [0.717, 1.165) is 39.1 Å². The summed E-state index contributed by atoms with van der Waals surface area (Å²) in [5.41, 5.74) is 0. The van der Waals surface area contributed by atoms with Gasteiger partial charge in [0, 0.05) is 38.3 Å². The van der Waals surface area contributed by atoms with Crippen molar-refractivity contribution in [2.75, 3.05) is 39.4 Å². The second kappa shape index (κ2) is 6.23. The third-order valence-electron chi connectivity index (χ3n) is 4.90. The molecular formula is C15H26N2O2. The van der Waals surface area contributed by atoms with E-state index in [-0.39, 0.29) is 5.92 Å². The van der Waals surface area contributed by atoms with Crippen LogP contribution in [0.1, 0.15) is 38.5 Å².